The number of hydrogen-bond acceptors (Lipinski definition) is 6. The van der Waals surface area contributed by atoms with Gasteiger partial charge in [0.1, 0.15) is 23.9 Å². The average molecular weight is 487 g/mol. The minimum Gasteiger partial charge on any atom is -0.497 e. The number of carbonyl (C=O) groups excluding carboxylic acids is 2. The standard InChI is InChI=1S/C27H30N6O3/c1-19(2)11-16-29-27(35)26(20-12-14-28-15-13-20)33(21-7-6-8-22(17-21)36-3)25(34)18-32-24-10-5-4-9-23(24)30-31-32/h4-10,12-15,17,19,26H,11,16,18H2,1-3H3,(H,29,35)/t26-/m1/s1. The first-order chi connectivity index (χ1) is 17.5. The smallest absolute Gasteiger partial charge is 0.249 e. The lowest BCUT2D eigenvalue weighted by Gasteiger charge is -2.31. The fourth-order valence-electron chi connectivity index (χ4n) is 3.98. The summed E-state index contributed by atoms with van der Waals surface area (Å²) < 4.78 is 6.96. The summed E-state index contributed by atoms with van der Waals surface area (Å²) in [4.78, 5) is 33.2. The van der Waals surface area contributed by atoms with E-state index in [2.05, 4.69) is 34.5 Å². The molecule has 0 radical (unpaired) electrons. The molecule has 4 rings (SSSR count). The summed E-state index contributed by atoms with van der Waals surface area (Å²) in [6.07, 6.45) is 4.05. The molecule has 4 aromatic rings. The fourth-order valence-corrected chi connectivity index (χ4v) is 3.98. The number of aromatic nitrogens is 4. The van der Waals surface area contributed by atoms with E-state index in [-0.39, 0.29) is 18.4 Å². The lowest BCUT2D eigenvalue weighted by Crippen LogP contribution is -2.45. The zero-order valence-corrected chi connectivity index (χ0v) is 20.7. The lowest BCUT2D eigenvalue weighted by molar-refractivity contribution is -0.127. The number of ether oxygens (including phenoxy) is 1. The molecule has 0 aliphatic heterocycles. The molecule has 9 heteroatoms. The van der Waals surface area contributed by atoms with Gasteiger partial charge in [0.25, 0.3) is 0 Å². The second-order valence-electron chi connectivity index (χ2n) is 8.86. The van der Waals surface area contributed by atoms with E-state index in [4.69, 9.17) is 4.74 Å². The van der Waals surface area contributed by atoms with Crippen molar-refractivity contribution in [2.45, 2.75) is 32.9 Å². The van der Waals surface area contributed by atoms with Crippen LogP contribution in [0.2, 0.25) is 0 Å². The molecule has 2 aromatic carbocycles. The highest BCUT2D eigenvalue weighted by atomic mass is 16.5. The number of pyridine rings is 1. The van der Waals surface area contributed by atoms with Crippen LogP contribution in [-0.4, -0.2) is 45.4 Å². The third-order valence-electron chi connectivity index (χ3n) is 5.85. The normalized spacial score (nSPS) is 11.9. The molecule has 0 saturated heterocycles. The van der Waals surface area contributed by atoms with E-state index in [1.807, 2.05) is 24.3 Å². The maximum atomic E-state index is 14.0. The highest BCUT2D eigenvalue weighted by Gasteiger charge is 2.33. The Morgan fingerprint density at radius 1 is 1.06 bits per heavy atom. The van der Waals surface area contributed by atoms with Crippen LogP contribution in [0.4, 0.5) is 5.69 Å². The Labute approximate surface area is 210 Å². The minimum atomic E-state index is -0.922. The Hall–Kier alpha value is -4.27. The van der Waals surface area contributed by atoms with E-state index >= 15 is 0 Å². The number of fused-ring (bicyclic) bond motifs is 1. The molecule has 2 heterocycles. The van der Waals surface area contributed by atoms with Gasteiger partial charge in [0, 0.05) is 30.7 Å². The largest absolute Gasteiger partial charge is 0.497 e. The number of carbonyl (C=O) groups is 2. The number of benzene rings is 2. The Bertz CT molecular complexity index is 1320. The first-order valence-corrected chi connectivity index (χ1v) is 11.9. The summed E-state index contributed by atoms with van der Waals surface area (Å²) in [6.45, 7) is 4.60. The van der Waals surface area contributed by atoms with Gasteiger partial charge in [0.2, 0.25) is 11.8 Å². The number of nitrogens with one attached hydrogen (secondary N) is 1. The van der Waals surface area contributed by atoms with Crippen molar-refractivity contribution in [2.75, 3.05) is 18.6 Å². The van der Waals surface area contributed by atoms with Crippen molar-refractivity contribution >= 4 is 28.5 Å². The number of para-hydroxylation sites is 1. The van der Waals surface area contributed by atoms with Gasteiger partial charge in [0.05, 0.1) is 12.6 Å². The summed E-state index contributed by atoms with van der Waals surface area (Å²) in [6, 6.07) is 17.1. The highest BCUT2D eigenvalue weighted by Crippen LogP contribution is 2.31. The maximum Gasteiger partial charge on any atom is 0.249 e. The molecule has 186 valence electrons. The topological polar surface area (TPSA) is 102 Å². The van der Waals surface area contributed by atoms with Crippen LogP contribution in [0, 0.1) is 5.92 Å². The van der Waals surface area contributed by atoms with Crippen molar-refractivity contribution in [3.8, 4) is 5.75 Å². The molecule has 0 bridgehead atoms. The minimum absolute atomic E-state index is 0.0986. The molecule has 0 unspecified atom stereocenters. The van der Waals surface area contributed by atoms with Crippen molar-refractivity contribution in [2.24, 2.45) is 5.92 Å². The van der Waals surface area contributed by atoms with E-state index in [9.17, 15) is 9.59 Å². The molecule has 2 aromatic heterocycles. The molecule has 0 aliphatic carbocycles. The number of methoxy groups -OCH3 is 1. The number of rotatable bonds is 10. The predicted molar refractivity (Wildman–Crippen MR) is 137 cm³/mol. The van der Waals surface area contributed by atoms with E-state index in [1.165, 1.54) is 4.90 Å². The van der Waals surface area contributed by atoms with E-state index in [1.54, 1.807) is 60.6 Å². The van der Waals surface area contributed by atoms with E-state index in [0.717, 1.165) is 11.9 Å². The van der Waals surface area contributed by atoms with Crippen LogP contribution >= 0.6 is 0 Å². The Kier molecular flexibility index (Phi) is 7.89. The van der Waals surface area contributed by atoms with Gasteiger partial charge in [-0.05, 0) is 54.3 Å². The average Bonchev–Trinajstić information content (AvgIpc) is 3.30. The molecule has 1 atom stereocenters. The molecule has 0 aliphatic rings. The number of amides is 2. The van der Waals surface area contributed by atoms with Gasteiger partial charge >= 0.3 is 0 Å². The molecule has 2 amide bonds. The molecule has 36 heavy (non-hydrogen) atoms. The molecule has 9 nitrogen and oxygen atoms in total. The van der Waals surface area contributed by atoms with Crippen molar-refractivity contribution in [1.82, 2.24) is 25.3 Å². The Balaban J connectivity index is 1.76. The van der Waals surface area contributed by atoms with Gasteiger partial charge in [-0.1, -0.05) is 37.3 Å². The van der Waals surface area contributed by atoms with Crippen LogP contribution < -0.4 is 15.0 Å². The zero-order valence-electron chi connectivity index (χ0n) is 20.7. The first kappa shape index (κ1) is 24.8. The third kappa shape index (κ3) is 5.68. The van der Waals surface area contributed by atoms with Gasteiger partial charge in [-0.2, -0.15) is 0 Å². The summed E-state index contributed by atoms with van der Waals surface area (Å²) in [5.41, 5.74) is 2.60. The Morgan fingerprint density at radius 2 is 1.83 bits per heavy atom. The summed E-state index contributed by atoms with van der Waals surface area (Å²) in [7, 11) is 1.56. The van der Waals surface area contributed by atoms with Crippen molar-refractivity contribution in [1.29, 1.82) is 0 Å². The quantitative estimate of drug-likeness (QED) is 0.366. The summed E-state index contributed by atoms with van der Waals surface area (Å²) >= 11 is 0. The van der Waals surface area contributed by atoms with Crippen molar-refractivity contribution < 1.29 is 14.3 Å². The fraction of sp³-hybridized carbons (Fsp3) is 0.296. The van der Waals surface area contributed by atoms with Crippen LogP contribution in [0.1, 0.15) is 31.9 Å². The van der Waals surface area contributed by atoms with Gasteiger partial charge in [-0.25, -0.2) is 4.68 Å². The summed E-state index contributed by atoms with van der Waals surface area (Å²) in [5.74, 6) is 0.410. The van der Waals surface area contributed by atoms with Crippen LogP contribution in [0.15, 0.2) is 73.1 Å². The van der Waals surface area contributed by atoms with Crippen LogP contribution in [0.3, 0.4) is 0 Å². The first-order valence-electron chi connectivity index (χ1n) is 11.9. The maximum absolute atomic E-state index is 14.0. The van der Waals surface area contributed by atoms with Crippen LogP contribution in [0.5, 0.6) is 5.75 Å². The highest BCUT2D eigenvalue weighted by molar-refractivity contribution is 6.01. The second kappa shape index (κ2) is 11.4. The summed E-state index contributed by atoms with van der Waals surface area (Å²) in [5, 5.41) is 11.4. The Morgan fingerprint density at radius 3 is 2.58 bits per heavy atom. The van der Waals surface area contributed by atoms with Crippen molar-refractivity contribution in [3.05, 3.63) is 78.6 Å². The SMILES string of the molecule is COc1cccc(N(C(=O)Cn2nnc3ccccc32)[C@@H](C(=O)NCCC(C)C)c2ccncc2)c1. The molecular weight excluding hydrogens is 456 g/mol. The second-order valence-corrected chi connectivity index (χ2v) is 8.86. The monoisotopic (exact) mass is 486 g/mol. The van der Waals surface area contributed by atoms with Gasteiger partial charge in [-0.3, -0.25) is 19.5 Å². The van der Waals surface area contributed by atoms with Crippen LogP contribution in [-0.2, 0) is 16.1 Å². The molecular formula is C27H30N6O3. The molecule has 0 spiro atoms. The lowest BCUT2D eigenvalue weighted by atomic mass is 10.0. The van der Waals surface area contributed by atoms with Crippen LogP contribution in [0.25, 0.3) is 11.0 Å². The molecule has 1 N–H and O–H groups in total. The van der Waals surface area contributed by atoms with E-state index < -0.39 is 6.04 Å². The van der Waals surface area contributed by atoms with Crippen molar-refractivity contribution in [3.63, 3.8) is 0 Å². The van der Waals surface area contributed by atoms with E-state index in [0.29, 0.717) is 35.0 Å². The molecule has 0 fully saturated rings. The number of anilines is 1. The number of hydrogen-bond donors (Lipinski definition) is 1. The van der Waals surface area contributed by atoms with Gasteiger partial charge < -0.3 is 10.1 Å². The predicted octanol–water partition coefficient (Wildman–Crippen LogP) is 3.77. The molecule has 0 saturated carbocycles. The number of nitrogens with zero attached hydrogens (tertiary/aromatic N) is 5. The van der Waals surface area contributed by atoms with Gasteiger partial charge in [0.15, 0.2) is 0 Å². The van der Waals surface area contributed by atoms with Gasteiger partial charge in [-0.15, -0.1) is 5.10 Å². The zero-order chi connectivity index (χ0) is 25.5. The third-order valence-corrected chi connectivity index (χ3v) is 5.85.